The minimum atomic E-state index is 0.00298. The fourth-order valence-corrected chi connectivity index (χ4v) is 2.20. The molecule has 5 nitrogen and oxygen atoms in total. The zero-order valence-electron chi connectivity index (χ0n) is 12.5. The molecular weight excluding hydrogens is 278 g/mol. The summed E-state index contributed by atoms with van der Waals surface area (Å²) in [6, 6.07) is 9.16. The molecule has 112 valence electrons. The highest BCUT2D eigenvalue weighted by Gasteiger charge is 2.10. The molecule has 1 amide bonds. The van der Waals surface area contributed by atoms with Crippen LogP contribution in [0.5, 0.6) is 0 Å². The third-order valence-corrected chi connectivity index (χ3v) is 3.19. The molecule has 0 atom stereocenters. The van der Waals surface area contributed by atoms with Crippen molar-refractivity contribution >= 4 is 22.7 Å². The van der Waals surface area contributed by atoms with Crippen LogP contribution in [0.25, 0.3) is 22.6 Å². The van der Waals surface area contributed by atoms with Gasteiger partial charge in [-0.15, -0.1) is 0 Å². The average Bonchev–Trinajstić information content (AvgIpc) is 2.90. The Balaban J connectivity index is 1.86. The van der Waals surface area contributed by atoms with Crippen molar-refractivity contribution in [1.29, 1.82) is 0 Å². The fraction of sp³-hybridized carbons (Fsp3) is 0.235. The van der Waals surface area contributed by atoms with E-state index in [-0.39, 0.29) is 5.91 Å². The number of benzene rings is 1. The number of hydrogen-bond donors (Lipinski definition) is 1. The van der Waals surface area contributed by atoms with Crippen molar-refractivity contribution in [3.05, 3.63) is 42.7 Å². The van der Waals surface area contributed by atoms with Gasteiger partial charge in [0.05, 0.1) is 0 Å². The molecule has 2 heterocycles. The summed E-state index contributed by atoms with van der Waals surface area (Å²) in [4.78, 5) is 20.2. The number of carbonyl (C=O) groups is 1. The molecule has 0 unspecified atom stereocenters. The van der Waals surface area contributed by atoms with E-state index in [9.17, 15) is 4.79 Å². The first-order valence-corrected chi connectivity index (χ1v) is 7.22. The molecule has 0 aliphatic carbocycles. The Bertz CT molecular complexity index is 794. The Morgan fingerprint density at radius 2 is 2.00 bits per heavy atom. The van der Waals surface area contributed by atoms with E-state index in [1.54, 1.807) is 18.5 Å². The second kappa shape index (κ2) is 5.97. The number of nitrogens with one attached hydrogen (secondary N) is 1. The lowest BCUT2D eigenvalue weighted by Crippen LogP contribution is -2.13. The summed E-state index contributed by atoms with van der Waals surface area (Å²) in [5.74, 6) is 0.874. The van der Waals surface area contributed by atoms with E-state index in [0.29, 0.717) is 23.8 Å². The van der Waals surface area contributed by atoms with Crippen LogP contribution in [0.3, 0.4) is 0 Å². The van der Waals surface area contributed by atoms with Crippen molar-refractivity contribution in [2.75, 3.05) is 5.32 Å². The molecule has 0 spiro atoms. The van der Waals surface area contributed by atoms with Gasteiger partial charge < -0.3 is 9.73 Å². The number of carbonyl (C=O) groups excluding carboxylic acids is 1. The molecule has 1 N–H and O–H groups in total. The molecule has 2 aromatic heterocycles. The Hall–Kier alpha value is -2.69. The number of amides is 1. The molecule has 3 aromatic rings. The van der Waals surface area contributed by atoms with Gasteiger partial charge in [-0.25, -0.2) is 4.98 Å². The Morgan fingerprint density at radius 3 is 2.73 bits per heavy atom. The monoisotopic (exact) mass is 295 g/mol. The summed E-state index contributed by atoms with van der Waals surface area (Å²) in [6.45, 7) is 4.03. The van der Waals surface area contributed by atoms with Crippen LogP contribution in [0, 0.1) is 5.92 Å². The first-order valence-electron chi connectivity index (χ1n) is 7.22. The Morgan fingerprint density at radius 1 is 1.23 bits per heavy atom. The fourth-order valence-electron chi connectivity index (χ4n) is 2.20. The van der Waals surface area contributed by atoms with Crippen LogP contribution in [0.4, 0.5) is 5.69 Å². The highest BCUT2D eigenvalue weighted by Crippen LogP contribution is 2.26. The van der Waals surface area contributed by atoms with E-state index in [2.05, 4.69) is 15.3 Å². The zero-order chi connectivity index (χ0) is 15.5. The first-order chi connectivity index (χ1) is 10.6. The Labute approximate surface area is 128 Å². The number of pyridine rings is 1. The normalized spacial score (nSPS) is 11.0. The summed E-state index contributed by atoms with van der Waals surface area (Å²) in [5, 5.41) is 2.88. The molecule has 0 aliphatic heterocycles. The standard InChI is InChI=1S/C17H17N3O2/c1-11(2)9-16(21)19-13-3-4-14-15(10-13)22-17(20-14)12-5-7-18-8-6-12/h3-8,10-11H,9H2,1-2H3,(H,19,21). The van der Waals surface area contributed by atoms with Crippen LogP contribution >= 0.6 is 0 Å². The van der Waals surface area contributed by atoms with Gasteiger partial charge in [0.1, 0.15) is 5.52 Å². The maximum atomic E-state index is 11.8. The van der Waals surface area contributed by atoms with Crippen molar-refractivity contribution in [3.63, 3.8) is 0 Å². The number of oxazole rings is 1. The minimum Gasteiger partial charge on any atom is -0.436 e. The van der Waals surface area contributed by atoms with Gasteiger partial charge in [-0.05, 0) is 30.2 Å². The Kier molecular flexibility index (Phi) is 3.87. The average molecular weight is 295 g/mol. The number of nitrogens with zero attached hydrogens (tertiary/aromatic N) is 2. The maximum Gasteiger partial charge on any atom is 0.227 e. The summed E-state index contributed by atoms with van der Waals surface area (Å²) in [7, 11) is 0. The summed E-state index contributed by atoms with van der Waals surface area (Å²) < 4.78 is 5.77. The van der Waals surface area contributed by atoms with Gasteiger partial charge in [-0.2, -0.15) is 0 Å². The SMILES string of the molecule is CC(C)CC(=O)Nc1ccc2nc(-c3ccncc3)oc2c1. The number of fused-ring (bicyclic) bond motifs is 1. The predicted molar refractivity (Wildman–Crippen MR) is 85.3 cm³/mol. The number of hydrogen-bond acceptors (Lipinski definition) is 4. The first kappa shape index (κ1) is 14.3. The van der Waals surface area contributed by atoms with E-state index in [0.717, 1.165) is 16.8 Å². The number of aromatic nitrogens is 2. The van der Waals surface area contributed by atoms with Crippen molar-refractivity contribution in [2.45, 2.75) is 20.3 Å². The van der Waals surface area contributed by atoms with Gasteiger partial charge >= 0.3 is 0 Å². The second-order valence-electron chi connectivity index (χ2n) is 5.58. The summed E-state index contributed by atoms with van der Waals surface area (Å²) >= 11 is 0. The van der Waals surface area contributed by atoms with E-state index in [1.165, 1.54) is 0 Å². The molecule has 0 saturated heterocycles. The van der Waals surface area contributed by atoms with Crippen LogP contribution < -0.4 is 5.32 Å². The van der Waals surface area contributed by atoms with Gasteiger partial charge in [0.15, 0.2) is 5.58 Å². The van der Waals surface area contributed by atoms with Crippen LogP contribution in [0.1, 0.15) is 20.3 Å². The van der Waals surface area contributed by atoms with Gasteiger partial charge in [0.2, 0.25) is 11.8 Å². The van der Waals surface area contributed by atoms with Crippen LogP contribution in [0.15, 0.2) is 47.1 Å². The molecular formula is C17H17N3O2. The highest BCUT2D eigenvalue weighted by atomic mass is 16.3. The van der Waals surface area contributed by atoms with Gasteiger partial charge in [0.25, 0.3) is 0 Å². The van der Waals surface area contributed by atoms with Crippen molar-refractivity contribution in [3.8, 4) is 11.5 Å². The lowest BCUT2D eigenvalue weighted by molar-refractivity contribution is -0.116. The number of anilines is 1. The molecule has 0 radical (unpaired) electrons. The van der Waals surface area contributed by atoms with Crippen molar-refractivity contribution in [2.24, 2.45) is 5.92 Å². The summed E-state index contributed by atoms with van der Waals surface area (Å²) in [6.07, 6.45) is 3.89. The van der Waals surface area contributed by atoms with Crippen LogP contribution in [-0.4, -0.2) is 15.9 Å². The quantitative estimate of drug-likeness (QED) is 0.793. The van der Waals surface area contributed by atoms with Gasteiger partial charge in [0, 0.05) is 36.1 Å². The molecule has 0 fully saturated rings. The molecule has 1 aromatic carbocycles. The van der Waals surface area contributed by atoms with Crippen LogP contribution in [0.2, 0.25) is 0 Å². The molecule has 0 aliphatic rings. The largest absolute Gasteiger partial charge is 0.436 e. The third kappa shape index (κ3) is 3.14. The molecule has 0 bridgehead atoms. The third-order valence-electron chi connectivity index (χ3n) is 3.19. The van der Waals surface area contributed by atoms with Gasteiger partial charge in [-0.3, -0.25) is 9.78 Å². The van der Waals surface area contributed by atoms with Gasteiger partial charge in [-0.1, -0.05) is 13.8 Å². The van der Waals surface area contributed by atoms with Crippen LogP contribution in [-0.2, 0) is 4.79 Å². The van der Waals surface area contributed by atoms with E-state index in [1.807, 2.05) is 38.1 Å². The van der Waals surface area contributed by atoms with E-state index < -0.39 is 0 Å². The topological polar surface area (TPSA) is 68.0 Å². The van der Waals surface area contributed by atoms with E-state index in [4.69, 9.17) is 4.42 Å². The number of rotatable bonds is 4. The van der Waals surface area contributed by atoms with E-state index >= 15 is 0 Å². The van der Waals surface area contributed by atoms with Crippen molar-refractivity contribution < 1.29 is 9.21 Å². The lowest BCUT2D eigenvalue weighted by atomic mass is 10.1. The highest BCUT2D eigenvalue weighted by molar-refractivity contribution is 5.93. The minimum absolute atomic E-state index is 0.00298. The summed E-state index contributed by atoms with van der Waals surface area (Å²) in [5.41, 5.74) is 3.00. The zero-order valence-corrected chi connectivity index (χ0v) is 12.5. The molecule has 3 rings (SSSR count). The predicted octanol–water partition coefficient (Wildman–Crippen LogP) is 3.87. The lowest BCUT2D eigenvalue weighted by Gasteiger charge is -2.06. The second-order valence-corrected chi connectivity index (χ2v) is 5.58. The molecule has 5 heteroatoms. The molecule has 0 saturated carbocycles. The molecule has 22 heavy (non-hydrogen) atoms. The van der Waals surface area contributed by atoms with Crippen molar-refractivity contribution in [1.82, 2.24) is 9.97 Å². The smallest absolute Gasteiger partial charge is 0.227 e. The maximum absolute atomic E-state index is 11.8.